The molecule has 1 N–H and O–H groups in total. The minimum absolute atomic E-state index is 0.124. The van der Waals surface area contributed by atoms with E-state index in [2.05, 4.69) is 9.82 Å². The fraction of sp³-hybridized carbons (Fsp3) is 0.385. The zero-order valence-electron chi connectivity index (χ0n) is 12.0. The molecule has 10 heteroatoms. The van der Waals surface area contributed by atoms with Gasteiger partial charge in [-0.05, 0) is 17.7 Å². The lowest BCUT2D eigenvalue weighted by Gasteiger charge is -2.33. The zero-order valence-corrected chi connectivity index (χ0v) is 12.0. The number of amides is 3. The van der Waals surface area contributed by atoms with Crippen molar-refractivity contribution >= 4 is 17.9 Å². The molecule has 0 saturated carbocycles. The molecule has 0 bridgehead atoms. The molecule has 124 valence electrons. The summed E-state index contributed by atoms with van der Waals surface area (Å²) in [5.74, 6) is -3.45. The molecule has 7 nitrogen and oxygen atoms in total. The van der Waals surface area contributed by atoms with Gasteiger partial charge in [-0.1, -0.05) is 13.8 Å². The Morgan fingerprint density at radius 1 is 1.26 bits per heavy atom. The van der Waals surface area contributed by atoms with Crippen LogP contribution in [-0.2, 0) is 19.8 Å². The van der Waals surface area contributed by atoms with Crippen molar-refractivity contribution in [1.29, 1.82) is 0 Å². The average Bonchev–Trinajstić information content (AvgIpc) is 2.73. The summed E-state index contributed by atoms with van der Waals surface area (Å²) in [7, 11) is 0. The summed E-state index contributed by atoms with van der Waals surface area (Å²) < 4.78 is 37.0. The third kappa shape index (κ3) is 3.10. The smallest absolute Gasteiger partial charge is 0.327 e. The van der Waals surface area contributed by atoms with Crippen molar-refractivity contribution in [3.63, 3.8) is 0 Å². The molecule has 2 heterocycles. The summed E-state index contributed by atoms with van der Waals surface area (Å²) >= 11 is 0. The first-order valence-corrected chi connectivity index (χ1v) is 6.39. The van der Waals surface area contributed by atoms with E-state index in [-0.39, 0.29) is 5.06 Å². The maximum Gasteiger partial charge on any atom is 0.493 e. The highest BCUT2D eigenvalue weighted by Crippen LogP contribution is 2.33. The lowest BCUT2D eigenvalue weighted by molar-refractivity contribution is -0.232. The molecule has 1 fully saturated rings. The van der Waals surface area contributed by atoms with E-state index in [1.807, 2.05) is 5.32 Å². The summed E-state index contributed by atoms with van der Waals surface area (Å²) in [4.78, 5) is 42.6. The van der Waals surface area contributed by atoms with Crippen LogP contribution in [0.25, 0.3) is 0 Å². The van der Waals surface area contributed by atoms with E-state index in [1.165, 1.54) is 26.2 Å². The number of pyridine rings is 1. The van der Waals surface area contributed by atoms with Crippen LogP contribution in [0.4, 0.5) is 18.0 Å². The van der Waals surface area contributed by atoms with Gasteiger partial charge in [0.2, 0.25) is 0 Å². The van der Waals surface area contributed by atoms with Gasteiger partial charge in [-0.3, -0.25) is 15.1 Å². The molecule has 1 aromatic rings. The second-order valence-electron chi connectivity index (χ2n) is 5.36. The van der Waals surface area contributed by atoms with Crippen LogP contribution < -0.4 is 5.32 Å². The number of nitrogens with one attached hydrogen (secondary N) is 1. The minimum Gasteiger partial charge on any atom is -0.327 e. The third-order valence-electron chi connectivity index (χ3n) is 3.43. The molecule has 1 aromatic heterocycles. The van der Waals surface area contributed by atoms with Crippen molar-refractivity contribution in [2.75, 3.05) is 0 Å². The fourth-order valence-electron chi connectivity index (χ4n) is 2.25. The van der Waals surface area contributed by atoms with Gasteiger partial charge >= 0.3 is 18.2 Å². The summed E-state index contributed by atoms with van der Waals surface area (Å²) in [6.07, 6.45) is -2.44. The summed E-state index contributed by atoms with van der Waals surface area (Å²) in [5.41, 5.74) is -0.610. The van der Waals surface area contributed by atoms with Crippen molar-refractivity contribution in [2.45, 2.75) is 31.5 Å². The quantitative estimate of drug-likeness (QED) is 0.844. The van der Waals surface area contributed by atoms with E-state index >= 15 is 0 Å². The van der Waals surface area contributed by atoms with Crippen molar-refractivity contribution in [1.82, 2.24) is 15.4 Å². The minimum atomic E-state index is -5.29. The number of carbonyl (C=O) groups excluding carboxylic acids is 3. The van der Waals surface area contributed by atoms with Gasteiger partial charge in [0.05, 0.1) is 0 Å². The second kappa shape index (κ2) is 5.52. The van der Waals surface area contributed by atoms with Gasteiger partial charge < -0.3 is 4.84 Å². The van der Waals surface area contributed by atoms with E-state index in [1.54, 1.807) is 12.1 Å². The molecule has 1 atom stereocenters. The number of imide groups is 1. The Hall–Kier alpha value is -2.65. The van der Waals surface area contributed by atoms with Gasteiger partial charge in [0, 0.05) is 17.8 Å². The van der Waals surface area contributed by atoms with Crippen LogP contribution in [0.2, 0.25) is 0 Å². The predicted molar refractivity (Wildman–Crippen MR) is 68.6 cm³/mol. The highest BCUT2D eigenvalue weighted by atomic mass is 19.4. The first-order valence-electron chi connectivity index (χ1n) is 6.39. The van der Waals surface area contributed by atoms with Crippen LogP contribution in [0, 0.1) is 0 Å². The van der Waals surface area contributed by atoms with Crippen LogP contribution in [0.3, 0.4) is 0 Å². The fourth-order valence-corrected chi connectivity index (χ4v) is 2.25. The summed E-state index contributed by atoms with van der Waals surface area (Å²) in [6, 6.07) is 0.392. The number of alkyl halides is 3. The van der Waals surface area contributed by atoms with Gasteiger partial charge in [-0.25, -0.2) is 9.59 Å². The first-order chi connectivity index (χ1) is 10.5. The van der Waals surface area contributed by atoms with Crippen LogP contribution >= 0.6 is 0 Å². The molecule has 2 rings (SSSR count). The molecule has 3 amide bonds. The van der Waals surface area contributed by atoms with E-state index in [4.69, 9.17) is 0 Å². The number of hydrogen-bond donors (Lipinski definition) is 1. The van der Waals surface area contributed by atoms with E-state index in [0.29, 0.717) is 5.56 Å². The van der Waals surface area contributed by atoms with Crippen molar-refractivity contribution < 1.29 is 32.4 Å². The van der Waals surface area contributed by atoms with Gasteiger partial charge in [0.1, 0.15) is 0 Å². The Balaban J connectivity index is 2.36. The number of hydroxylamine groups is 2. The summed E-state index contributed by atoms with van der Waals surface area (Å²) in [6.45, 7) is 3.05. The van der Waals surface area contributed by atoms with Crippen LogP contribution in [0.1, 0.15) is 19.4 Å². The molecule has 0 spiro atoms. The Morgan fingerprint density at radius 3 is 2.35 bits per heavy atom. The SMILES string of the molecule is CC(C)(c1ccncc1)C1C(=O)NC(=O)N1OC(=O)C(F)(F)F. The third-order valence-corrected chi connectivity index (χ3v) is 3.43. The number of hydrogen-bond acceptors (Lipinski definition) is 5. The molecular formula is C13H12F3N3O4. The van der Waals surface area contributed by atoms with Crippen LogP contribution in [0.15, 0.2) is 24.5 Å². The van der Waals surface area contributed by atoms with Gasteiger partial charge in [-0.2, -0.15) is 13.2 Å². The first kappa shape index (κ1) is 16.7. The number of urea groups is 1. The Labute approximate surface area is 128 Å². The maximum absolute atomic E-state index is 12.3. The molecule has 23 heavy (non-hydrogen) atoms. The standard InChI is InChI=1S/C13H12F3N3O4/c1-12(2,7-3-5-17-6-4-7)8-9(20)18-11(22)19(8)23-10(21)13(14,15)16/h3-6,8H,1-2H3,(H,18,20,22). The predicted octanol–water partition coefficient (Wildman–Crippen LogP) is 1.30. The van der Waals surface area contributed by atoms with Gasteiger partial charge in [0.15, 0.2) is 6.04 Å². The Kier molecular flexibility index (Phi) is 4.01. The molecule has 1 aliphatic heterocycles. The van der Waals surface area contributed by atoms with Gasteiger partial charge in [-0.15, -0.1) is 5.06 Å². The number of nitrogens with zero attached hydrogens (tertiary/aromatic N) is 2. The van der Waals surface area contributed by atoms with E-state index in [9.17, 15) is 27.6 Å². The molecule has 1 aliphatic rings. The lowest BCUT2D eigenvalue weighted by atomic mass is 9.78. The normalized spacial score (nSPS) is 18.8. The second-order valence-corrected chi connectivity index (χ2v) is 5.36. The molecule has 1 saturated heterocycles. The number of halogens is 3. The molecule has 0 radical (unpaired) electrons. The zero-order chi connectivity index (χ0) is 17.4. The lowest BCUT2D eigenvalue weighted by Crippen LogP contribution is -2.50. The largest absolute Gasteiger partial charge is 0.493 e. The van der Waals surface area contributed by atoms with Crippen molar-refractivity contribution in [3.8, 4) is 0 Å². The summed E-state index contributed by atoms with van der Waals surface area (Å²) in [5, 5.41) is 1.96. The van der Waals surface area contributed by atoms with Crippen LogP contribution in [0.5, 0.6) is 0 Å². The van der Waals surface area contributed by atoms with Crippen molar-refractivity contribution in [2.24, 2.45) is 0 Å². The monoisotopic (exact) mass is 331 g/mol. The topological polar surface area (TPSA) is 88.6 Å². The number of aromatic nitrogens is 1. The van der Waals surface area contributed by atoms with E-state index in [0.717, 1.165) is 0 Å². The number of rotatable bonds is 3. The highest BCUT2D eigenvalue weighted by Gasteiger charge is 2.53. The van der Waals surface area contributed by atoms with Crippen molar-refractivity contribution in [3.05, 3.63) is 30.1 Å². The Morgan fingerprint density at radius 2 is 1.83 bits per heavy atom. The molecule has 1 unspecified atom stereocenters. The average molecular weight is 331 g/mol. The molecule has 0 aliphatic carbocycles. The van der Waals surface area contributed by atoms with Gasteiger partial charge in [0.25, 0.3) is 5.91 Å². The Bertz CT molecular complexity index is 646. The molecule has 0 aromatic carbocycles. The van der Waals surface area contributed by atoms with E-state index < -0.39 is 35.5 Å². The number of carbonyl (C=O) groups is 3. The molecular weight excluding hydrogens is 319 g/mol. The maximum atomic E-state index is 12.3. The highest BCUT2D eigenvalue weighted by molar-refractivity contribution is 6.05. The van der Waals surface area contributed by atoms with Crippen LogP contribution in [-0.4, -0.2) is 40.2 Å².